The van der Waals surface area contributed by atoms with E-state index >= 15 is 0 Å². The predicted molar refractivity (Wildman–Crippen MR) is 61.1 cm³/mol. The van der Waals surface area contributed by atoms with E-state index in [4.69, 9.17) is 0 Å². The van der Waals surface area contributed by atoms with E-state index in [2.05, 4.69) is 30.9 Å². The summed E-state index contributed by atoms with van der Waals surface area (Å²) in [6.45, 7) is 4.02. The van der Waals surface area contributed by atoms with Gasteiger partial charge in [-0.3, -0.25) is 0 Å². The molecule has 0 amide bonds. The Bertz CT molecular complexity index is 430. The molecular formula is C11H8S2. The molecule has 0 N–H and O–H groups in total. The van der Waals surface area contributed by atoms with Gasteiger partial charge in [0.1, 0.15) is 0 Å². The Morgan fingerprint density at radius 1 is 1.08 bits per heavy atom. The van der Waals surface area contributed by atoms with Crippen LogP contribution in [0.2, 0.25) is 0 Å². The van der Waals surface area contributed by atoms with Gasteiger partial charge >= 0.3 is 0 Å². The summed E-state index contributed by atoms with van der Waals surface area (Å²) in [4.78, 5) is 2.86. The van der Waals surface area contributed by atoms with Crippen molar-refractivity contribution in [3.8, 4) is 0 Å². The van der Waals surface area contributed by atoms with Crippen LogP contribution in [0.25, 0.3) is 11.6 Å². The Morgan fingerprint density at radius 2 is 1.85 bits per heavy atom. The fourth-order valence-corrected chi connectivity index (χ4v) is 4.07. The molecule has 0 unspecified atom stereocenters. The topological polar surface area (TPSA) is 0 Å². The van der Waals surface area contributed by atoms with Crippen LogP contribution in [0.15, 0.2) is 34.6 Å². The van der Waals surface area contributed by atoms with E-state index < -0.39 is 0 Å². The van der Waals surface area contributed by atoms with Crippen molar-refractivity contribution in [2.24, 2.45) is 0 Å². The van der Waals surface area contributed by atoms with Gasteiger partial charge in [-0.15, -0.1) is 23.5 Å². The fraction of sp³-hybridized carbons (Fsp3) is 0.0909. The van der Waals surface area contributed by atoms with Crippen LogP contribution in [0.3, 0.4) is 0 Å². The van der Waals surface area contributed by atoms with Crippen LogP contribution >= 0.6 is 23.5 Å². The summed E-state index contributed by atoms with van der Waals surface area (Å²) in [5.74, 6) is 0. The second kappa shape index (κ2) is 2.69. The van der Waals surface area contributed by atoms with E-state index in [1.54, 1.807) is 0 Å². The third-order valence-electron chi connectivity index (χ3n) is 2.35. The second-order valence-corrected chi connectivity index (χ2v) is 5.55. The minimum Gasteiger partial charge on any atom is -0.114 e. The predicted octanol–water partition coefficient (Wildman–Crippen LogP) is 3.88. The van der Waals surface area contributed by atoms with Crippen molar-refractivity contribution in [2.75, 3.05) is 5.08 Å². The average molecular weight is 204 g/mol. The van der Waals surface area contributed by atoms with Gasteiger partial charge in [0.15, 0.2) is 0 Å². The molecule has 0 saturated heterocycles. The summed E-state index contributed by atoms with van der Waals surface area (Å²) < 4.78 is 0. The van der Waals surface area contributed by atoms with Crippen LogP contribution in [0.4, 0.5) is 0 Å². The summed E-state index contributed by atoms with van der Waals surface area (Å²) in [7, 11) is 0. The maximum absolute atomic E-state index is 4.02. The molecule has 1 aromatic rings. The Labute approximate surface area is 86.1 Å². The van der Waals surface area contributed by atoms with Gasteiger partial charge in [-0.2, -0.15) is 0 Å². The first-order valence-corrected chi connectivity index (χ1v) is 6.13. The minimum atomic E-state index is 1.15. The zero-order valence-electron chi connectivity index (χ0n) is 7.04. The van der Waals surface area contributed by atoms with Gasteiger partial charge in [-0.1, -0.05) is 18.7 Å². The summed E-state index contributed by atoms with van der Waals surface area (Å²) in [5.41, 5.74) is 3.79. The van der Waals surface area contributed by atoms with Crippen molar-refractivity contribution in [1.29, 1.82) is 0 Å². The van der Waals surface area contributed by atoms with Crippen LogP contribution in [-0.2, 0) is 0 Å². The van der Waals surface area contributed by atoms with E-state index in [0.717, 1.165) is 10.7 Å². The summed E-state index contributed by atoms with van der Waals surface area (Å²) in [6.07, 6.45) is 4.25. The second-order valence-electron chi connectivity index (χ2n) is 3.15. The lowest BCUT2D eigenvalue weighted by atomic mass is 10.1. The zero-order valence-corrected chi connectivity index (χ0v) is 8.67. The molecule has 1 heterocycles. The molecule has 0 fully saturated rings. The average Bonchev–Trinajstić information content (AvgIpc) is 2.70. The van der Waals surface area contributed by atoms with Crippen molar-refractivity contribution in [2.45, 2.75) is 9.79 Å². The van der Waals surface area contributed by atoms with Crippen molar-refractivity contribution in [1.82, 2.24) is 0 Å². The Kier molecular flexibility index (Phi) is 1.61. The van der Waals surface area contributed by atoms with Gasteiger partial charge in [0.2, 0.25) is 0 Å². The fourth-order valence-electron chi connectivity index (χ4n) is 1.65. The van der Waals surface area contributed by atoms with Crippen molar-refractivity contribution >= 4 is 35.2 Å². The lowest BCUT2D eigenvalue weighted by molar-refractivity contribution is 1.25. The molecule has 3 rings (SSSR count). The maximum Gasteiger partial charge on any atom is 0.0487 e. The SMILES string of the molecule is C=C1C=Cc2cc3c(cc21)SCS3. The van der Waals surface area contributed by atoms with E-state index in [-0.39, 0.29) is 0 Å². The molecule has 0 radical (unpaired) electrons. The largest absolute Gasteiger partial charge is 0.114 e. The smallest absolute Gasteiger partial charge is 0.0487 e. The lowest BCUT2D eigenvalue weighted by Gasteiger charge is -2.03. The van der Waals surface area contributed by atoms with Gasteiger partial charge in [0, 0.05) is 14.9 Å². The van der Waals surface area contributed by atoms with Gasteiger partial charge in [0.05, 0.1) is 0 Å². The number of fused-ring (bicyclic) bond motifs is 2. The molecule has 0 aromatic heterocycles. The highest BCUT2D eigenvalue weighted by Gasteiger charge is 2.17. The van der Waals surface area contributed by atoms with Gasteiger partial charge in [-0.25, -0.2) is 0 Å². The number of hydrogen-bond donors (Lipinski definition) is 0. The molecule has 1 aromatic carbocycles. The highest BCUT2D eigenvalue weighted by molar-refractivity contribution is 8.18. The summed E-state index contributed by atoms with van der Waals surface area (Å²) in [5, 5.41) is 1.16. The molecule has 0 spiro atoms. The summed E-state index contributed by atoms with van der Waals surface area (Å²) in [6, 6.07) is 4.56. The number of hydrogen-bond acceptors (Lipinski definition) is 2. The highest BCUT2D eigenvalue weighted by Crippen LogP contribution is 2.45. The standard InChI is InChI=1S/C11H8S2/c1-7-2-3-8-4-10-11(5-9(7)8)13-6-12-10/h2-5H,1,6H2. The maximum atomic E-state index is 4.02. The molecule has 2 heteroatoms. The van der Waals surface area contributed by atoms with Crippen LogP contribution in [0, 0.1) is 0 Å². The van der Waals surface area contributed by atoms with Crippen LogP contribution in [0.1, 0.15) is 11.1 Å². The first kappa shape index (κ1) is 7.77. The molecule has 2 aliphatic rings. The number of rotatable bonds is 0. The van der Waals surface area contributed by atoms with Gasteiger partial charge in [-0.05, 0) is 28.8 Å². The number of thioether (sulfide) groups is 2. The molecule has 0 bridgehead atoms. The van der Waals surface area contributed by atoms with E-state index in [1.807, 2.05) is 23.5 Å². The first-order valence-electron chi connectivity index (χ1n) is 4.15. The van der Waals surface area contributed by atoms with Crippen molar-refractivity contribution < 1.29 is 0 Å². The van der Waals surface area contributed by atoms with E-state index in [1.165, 1.54) is 20.9 Å². The quantitative estimate of drug-likeness (QED) is 0.629. The Balaban J connectivity index is 2.26. The molecule has 0 saturated carbocycles. The lowest BCUT2D eigenvalue weighted by Crippen LogP contribution is -1.81. The first-order chi connectivity index (χ1) is 6.34. The molecule has 1 aliphatic heterocycles. The molecular weight excluding hydrogens is 196 g/mol. The van der Waals surface area contributed by atoms with Gasteiger partial charge in [0.25, 0.3) is 0 Å². The van der Waals surface area contributed by atoms with E-state index in [0.29, 0.717) is 0 Å². The molecule has 1 aliphatic carbocycles. The highest BCUT2D eigenvalue weighted by atomic mass is 32.2. The van der Waals surface area contributed by atoms with Crippen LogP contribution in [-0.4, -0.2) is 5.08 Å². The van der Waals surface area contributed by atoms with Crippen LogP contribution < -0.4 is 0 Å². The van der Waals surface area contributed by atoms with Crippen molar-refractivity contribution in [3.05, 3.63) is 35.9 Å². The molecule has 0 atom stereocenters. The number of benzene rings is 1. The normalized spacial score (nSPS) is 17.7. The molecule has 13 heavy (non-hydrogen) atoms. The Morgan fingerprint density at radius 3 is 2.69 bits per heavy atom. The molecule has 0 nitrogen and oxygen atoms in total. The van der Waals surface area contributed by atoms with E-state index in [9.17, 15) is 0 Å². The zero-order chi connectivity index (χ0) is 8.84. The van der Waals surface area contributed by atoms with Crippen LogP contribution in [0.5, 0.6) is 0 Å². The minimum absolute atomic E-state index is 1.15. The summed E-state index contributed by atoms with van der Waals surface area (Å²) >= 11 is 3.86. The molecule has 64 valence electrons. The van der Waals surface area contributed by atoms with Crippen molar-refractivity contribution in [3.63, 3.8) is 0 Å². The monoisotopic (exact) mass is 204 g/mol. The Hall–Kier alpha value is -0.600. The third kappa shape index (κ3) is 1.09. The van der Waals surface area contributed by atoms with Gasteiger partial charge < -0.3 is 0 Å². The number of allylic oxidation sites excluding steroid dienone is 2. The third-order valence-corrected chi connectivity index (χ3v) is 4.72.